The fraction of sp³-hybridized carbons (Fsp3) is 0.500. The van der Waals surface area contributed by atoms with Crippen molar-refractivity contribution in [3.63, 3.8) is 0 Å². The minimum Gasteiger partial charge on any atom is -0.399 e. The van der Waals surface area contributed by atoms with E-state index >= 15 is 0 Å². The van der Waals surface area contributed by atoms with Gasteiger partial charge < -0.3 is 10.6 Å². The highest BCUT2D eigenvalue weighted by molar-refractivity contribution is 6.34. The van der Waals surface area contributed by atoms with Gasteiger partial charge in [0.15, 0.2) is 0 Å². The molecule has 0 bridgehead atoms. The van der Waals surface area contributed by atoms with Crippen LogP contribution in [0.15, 0.2) is 18.2 Å². The molecule has 0 atom stereocenters. The minimum atomic E-state index is 0.0379. The monoisotopic (exact) mass is 266 g/mol. The lowest BCUT2D eigenvalue weighted by atomic mass is 10.1. The van der Waals surface area contributed by atoms with Crippen LogP contribution in [0.1, 0.15) is 43.0 Å². The number of nitrogens with zero attached hydrogens (tertiary/aromatic N) is 1. The molecule has 1 fully saturated rings. The van der Waals surface area contributed by atoms with Crippen LogP contribution >= 0.6 is 11.6 Å². The van der Waals surface area contributed by atoms with Crippen molar-refractivity contribution in [1.29, 1.82) is 0 Å². The van der Waals surface area contributed by atoms with E-state index in [0.29, 0.717) is 22.3 Å². The van der Waals surface area contributed by atoms with Gasteiger partial charge in [-0.3, -0.25) is 4.79 Å². The summed E-state index contributed by atoms with van der Waals surface area (Å²) in [5.41, 5.74) is 6.80. The zero-order chi connectivity index (χ0) is 13.1. The Labute approximate surface area is 113 Å². The normalized spacial score (nSPS) is 14.6. The van der Waals surface area contributed by atoms with Crippen molar-refractivity contribution in [2.45, 2.75) is 38.6 Å². The molecule has 1 amide bonds. The number of rotatable bonds is 5. The van der Waals surface area contributed by atoms with E-state index in [0.717, 1.165) is 32.2 Å². The van der Waals surface area contributed by atoms with Crippen molar-refractivity contribution >= 4 is 23.2 Å². The van der Waals surface area contributed by atoms with Crippen LogP contribution in [-0.4, -0.2) is 23.4 Å². The Morgan fingerprint density at radius 1 is 1.50 bits per heavy atom. The summed E-state index contributed by atoms with van der Waals surface area (Å²) < 4.78 is 0. The molecule has 1 aliphatic carbocycles. The Morgan fingerprint density at radius 2 is 2.22 bits per heavy atom. The van der Waals surface area contributed by atoms with Gasteiger partial charge in [-0.1, -0.05) is 24.9 Å². The fourth-order valence-corrected chi connectivity index (χ4v) is 2.29. The summed E-state index contributed by atoms with van der Waals surface area (Å²) in [5, 5.41) is 0.446. The Morgan fingerprint density at radius 3 is 2.78 bits per heavy atom. The maximum Gasteiger partial charge on any atom is 0.255 e. The van der Waals surface area contributed by atoms with Crippen LogP contribution in [0.3, 0.4) is 0 Å². The largest absolute Gasteiger partial charge is 0.399 e. The predicted molar refractivity (Wildman–Crippen MR) is 74.8 cm³/mol. The summed E-state index contributed by atoms with van der Waals surface area (Å²) in [5.74, 6) is 0.0379. The standard InChI is InChI=1S/C14H19ClN2O/c1-2-3-8-17(11-5-6-11)14(18)12-7-4-10(16)9-13(12)15/h4,7,9,11H,2-3,5-6,8,16H2,1H3. The van der Waals surface area contributed by atoms with E-state index in [1.54, 1.807) is 18.2 Å². The van der Waals surface area contributed by atoms with Crippen molar-refractivity contribution in [2.24, 2.45) is 0 Å². The van der Waals surface area contributed by atoms with Gasteiger partial charge in [-0.2, -0.15) is 0 Å². The third-order valence-electron chi connectivity index (χ3n) is 3.22. The van der Waals surface area contributed by atoms with Crippen LogP contribution in [0, 0.1) is 0 Å². The third-order valence-corrected chi connectivity index (χ3v) is 3.54. The fourth-order valence-electron chi connectivity index (χ4n) is 2.02. The Bertz CT molecular complexity index is 443. The lowest BCUT2D eigenvalue weighted by Gasteiger charge is -2.22. The van der Waals surface area contributed by atoms with Gasteiger partial charge in [0.2, 0.25) is 0 Å². The van der Waals surface area contributed by atoms with E-state index < -0.39 is 0 Å². The van der Waals surface area contributed by atoms with Crippen molar-refractivity contribution in [3.05, 3.63) is 28.8 Å². The molecule has 0 radical (unpaired) electrons. The van der Waals surface area contributed by atoms with E-state index in [-0.39, 0.29) is 5.91 Å². The summed E-state index contributed by atoms with van der Waals surface area (Å²) in [6.45, 7) is 2.95. The van der Waals surface area contributed by atoms with Gasteiger partial charge in [0.25, 0.3) is 5.91 Å². The number of hydrogen-bond donors (Lipinski definition) is 1. The number of halogens is 1. The molecule has 1 saturated carbocycles. The molecule has 0 saturated heterocycles. The second kappa shape index (κ2) is 5.61. The summed E-state index contributed by atoms with van der Waals surface area (Å²) in [6.07, 6.45) is 4.35. The highest BCUT2D eigenvalue weighted by atomic mass is 35.5. The van der Waals surface area contributed by atoms with E-state index in [1.807, 2.05) is 4.90 Å². The molecule has 98 valence electrons. The quantitative estimate of drug-likeness (QED) is 0.831. The lowest BCUT2D eigenvalue weighted by molar-refractivity contribution is 0.0741. The molecule has 0 unspecified atom stereocenters. The molecule has 1 aromatic carbocycles. The number of carbonyl (C=O) groups is 1. The predicted octanol–water partition coefficient (Wildman–Crippen LogP) is 3.33. The summed E-state index contributed by atoms with van der Waals surface area (Å²) in [7, 11) is 0. The zero-order valence-corrected chi connectivity index (χ0v) is 11.4. The number of nitrogens with two attached hydrogens (primary N) is 1. The van der Waals surface area contributed by atoms with Crippen LogP contribution in [0.2, 0.25) is 5.02 Å². The Kier molecular flexibility index (Phi) is 4.12. The maximum absolute atomic E-state index is 12.5. The van der Waals surface area contributed by atoms with Gasteiger partial charge in [-0.25, -0.2) is 0 Å². The first-order valence-electron chi connectivity index (χ1n) is 6.49. The van der Waals surface area contributed by atoms with Crippen molar-refractivity contribution in [3.8, 4) is 0 Å². The van der Waals surface area contributed by atoms with Gasteiger partial charge in [0.05, 0.1) is 10.6 Å². The zero-order valence-electron chi connectivity index (χ0n) is 10.7. The number of benzene rings is 1. The molecule has 1 aliphatic rings. The van der Waals surface area contributed by atoms with Gasteiger partial charge in [-0.15, -0.1) is 0 Å². The SMILES string of the molecule is CCCCN(C(=O)c1ccc(N)cc1Cl)C1CC1. The molecule has 18 heavy (non-hydrogen) atoms. The summed E-state index contributed by atoms with van der Waals surface area (Å²) >= 11 is 6.10. The first-order chi connectivity index (χ1) is 8.63. The lowest BCUT2D eigenvalue weighted by Crippen LogP contribution is -2.34. The number of amides is 1. The number of nitrogen functional groups attached to an aromatic ring is 1. The average molecular weight is 267 g/mol. The highest BCUT2D eigenvalue weighted by Crippen LogP contribution is 2.30. The third kappa shape index (κ3) is 2.96. The highest BCUT2D eigenvalue weighted by Gasteiger charge is 2.33. The maximum atomic E-state index is 12.5. The first-order valence-corrected chi connectivity index (χ1v) is 6.87. The van der Waals surface area contributed by atoms with E-state index in [1.165, 1.54) is 0 Å². The Hall–Kier alpha value is -1.22. The minimum absolute atomic E-state index is 0.0379. The van der Waals surface area contributed by atoms with Gasteiger partial charge in [-0.05, 0) is 37.5 Å². The van der Waals surface area contributed by atoms with Crippen LogP contribution in [0.5, 0.6) is 0 Å². The molecule has 3 nitrogen and oxygen atoms in total. The Balaban J connectivity index is 2.16. The summed E-state index contributed by atoms with van der Waals surface area (Å²) in [4.78, 5) is 14.4. The molecule has 0 spiro atoms. The van der Waals surface area contributed by atoms with E-state index in [2.05, 4.69) is 6.92 Å². The molecular formula is C14H19ClN2O. The number of unbranched alkanes of at least 4 members (excludes halogenated alkanes) is 1. The molecule has 2 N–H and O–H groups in total. The van der Waals surface area contributed by atoms with Crippen molar-refractivity contribution in [1.82, 2.24) is 4.90 Å². The molecule has 0 aliphatic heterocycles. The average Bonchev–Trinajstić information content (AvgIpc) is 3.13. The summed E-state index contributed by atoms with van der Waals surface area (Å²) in [6, 6.07) is 5.50. The number of hydrogen-bond acceptors (Lipinski definition) is 2. The first kappa shape index (κ1) is 13.2. The second-order valence-electron chi connectivity index (χ2n) is 4.82. The van der Waals surface area contributed by atoms with Gasteiger partial charge in [0, 0.05) is 18.3 Å². The van der Waals surface area contributed by atoms with Crippen molar-refractivity contribution in [2.75, 3.05) is 12.3 Å². The van der Waals surface area contributed by atoms with Crippen LogP contribution < -0.4 is 5.73 Å². The van der Waals surface area contributed by atoms with E-state index in [4.69, 9.17) is 17.3 Å². The molecule has 1 aromatic rings. The number of anilines is 1. The number of carbonyl (C=O) groups excluding carboxylic acids is 1. The smallest absolute Gasteiger partial charge is 0.255 e. The van der Waals surface area contributed by atoms with Gasteiger partial charge >= 0.3 is 0 Å². The van der Waals surface area contributed by atoms with Crippen molar-refractivity contribution < 1.29 is 4.79 Å². The van der Waals surface area contributed by atoms with Crippen LogP contribution in [0.4, 0.5) is 5.69 Å². The molecular weight excluding hydrogens is 248 g/mol. The van der Waals surface area contributed by atoms with Crippen LogP contribution in [0.25, 0.3) is 0 Å². The van der Waals surface area contributed by atoms with E-state index in [9.17, 15) is 4.79 Å². The molecule has 0 aromatic heterocycles. The van der Waals surface area contributed by atoms with Crippen LogP contribution in [-0.2, 0) is 0 Å². The topological polar surface area (TPSA) is 46.3 Å². The molecule has 2 rings (SSSR count). The molecule has 4 heteroatoms. The molecule has 0 heterocycles. The van der Waals surface area contributed by atoms with Gasteiger partial charge in [0.1, 0.15) is 0 Å². The second-order valence-corrected chi connectivity index (χ2v) is 5.23.